The molecule has 0 saturated heterocycles. The quantitative estimate of drug-likeness (QED) is 0.426. The number of aliphatic imine (C=N–C) groups is 1. The molecule has 1 aromatic rings. The van der Waals surface area contributed by atoms with Gasteiger partial charge in [-0.3, -0.25) is 9.79 Å². The molecule has 3 N–H and O–H groups in total. The zero-order valence-electron chi connectivity index (χ0n) is 16.8. The highest BCUT2D eigenvalue weighted by molar-refractivity contribution is 7.90. The maximum atomic E-state index is 12.0. The van der Waals surface area contributed by atoms with Crippen LogP contribution >= 0.6 is 0 Å². The zero-order chi connectivity index (χ0) is 20.4. The lowest BCUT2D eigenvalue weighted by atomic mass is 10.1. The summed E-state index contributed by atoms with van der Waals surface area (Å²) in [5.41, 5.74) is 1.05. The molecule has 0 radical (unpaired) electrons. The molecule has 0 aromatic heterocycles. The number of benzene rings is 1. The van der Waals surface area contributed by atoms with E-state index in [9.17, 15) is 13.2 Å². The largest absolute Gasteiger partial charge is 0.357 e. The summed E-state index contributed by atoms with van der Waals surface area (Å²) in [7, 11) is -3.16. The molecule has 1 saturated carbocycles. The van der Waals surface area contributed by atoms with Crippen LogP contribution < -0.4 is 16.0 Å². The molecule has 0 heterocycles. The van der Waals surface area contributed by atoms with Gasteiger partial charge in [0.2, 0.25) is 5.91 Å². The van der Waals surface area contributed by atoms with Gasteiger partial charge in [-0.25, -0.2) is 8.42 Å². The summed E-state index contributed by atoms with van der Waals surface area (Å²) in [6.07, 6.45) is 6.92. The van der Waals surface area contributed by atoms with Crippen molar-refractivity contribution in [2.24, 2.45) is 4.99 Å². The van der Waals surface area contributed by atoms with Crippen molar-refractivity contribution < 1.29 is 13.2 Å². The van der Waals surface area contributed by atoms with Crippen molar-refractivity contribution in [2.75, 3.05) is 25.9 Å². The van der Waals surface area contributed by atoms with Crippen LogP contribution in [-0.2, 0) is 21.1 Å². The molecule has 7 nitrogen and oxygen atoms in total. The number of nitrogens with one attached hydrogen (secondary N) is 3. The third kappa shape index (κ3) is 7.88. The lowest BCUT2D eigenvalue weighted by Crippen LogP contribution is -2.38. The molecule has 1 aliphatic rings. The first kappa shape index (κ1) is 22.2. The highest BCUT2D eigenvalue weighted by atomic mass is 32.2. The number of carbonyl (C=O) groups excluding carboxylic acids is 1. The molecule has 2 rings (SSSR count). The molecule has 0 aliphatic heterocycles. The smallest absolute Gasteiger partial charge is 0.222 e. The van der Waals surface area contributed by atoms with Gasteiger partial charge in [-0.15, -0.1) is 0 Å². The van der Waals surface area contributed by atoms with Crippen molar-refractivity contribution in [3.05, 3.63) is 29.8 Å². The van der Waals surface area contributed by atoms with Crippen molar-refractivity contribution in [2.45, 2.75) is 56.4 Å². The Morgan fingerprint density at radius 2 is 1.82 bits per heavy atom. The van der Waals surface area contributed by atoms with E-state index in [-0.39, 0.29) is 5.91 Å². The minimum absolute atomic E-state index is 0.0671. The molecule has 8 heteroatoms. The van der Waals surface area contributed by atoms with Crippen LogP contribution in [0.5, 0.6) is 0 Å². The standard InChI is InChI=1S/C20H32N4O3S/c1-3-21-20(23-15-13-19(25)24-17-6-4-5-7-17)22-14-12-16-8-10-18(11-9-16)28(2,26)27/h8-11,17H,3-7,12-15H2,1-2H3,(H,24,25)(H2,21,22,23). The fraction of sp³-hybridized carbons (Fsp3) is 0.600. The van der Waals surface area contributed by atoms with Crippen LogP contribution in [0.1, 0.15) is 44.6 Å². The molecule has 1 aromatic carbocycles. The van der Waals surface area contributed by atoms with E-state index in [2.05, 4.69) is 20.9 Å². The van der Waals surface area contributed by atoms with Crippen molar-refractivity contribution in [3.8, 4) is 0 Å². The summed E-state index contributed by atoms with van der Waals surface area (Å²) in [4.78, 5) is 16.8. The van der Waals surface area contributed by atoms with E-state index < -0.39 is 9.84 Å². The van der Waals surface area contributed by atoms with Gasteiger partial charge in [0.15, 0.2) is 15.8 Å². The third-order valence-corrected chi connectivity index (χ3v) is 5.86. The number of guanidine groups is 1. The van der Waals surface area contributed by atoms with Crippen molar-refractivity contribution in [3.63, 3.8) is 0 Å². The van der Waals surface area contributed by atoms with Gasteiger partial charge in [0.1, 0.15) is 0 Å². The molecule has 1 fully saturated rings. The van der Waals surface area contributed by atoms with Crippen molar-refractivity contribution in [1.29, 1.82) is 0 Å². The van der Waals surface area contributed by atoms with E-state index in [1.165, 1.54) is 19.1 Å². The normalized spacial score (nSPS) is 15.4. The first-order valence-corrected chi connectivity index (χ1v) is 11.9. The van der Waals surface area contributed by atoms with Crippen LogP contribution in [0.4, 0.5) is 0 Å². The Morgan fingerprint density at radius 1 is 1.14 bits per heavy atom. The van der Waals surface area contributed by atoms with E-state index in [4.69, 9.17) is 0 Å². The number of amides is 1. The Bertz CT molecular complexity index is 754. The Kier molecular flexibility index (Phi) is 8.76. The lowest BCUT2D eigenvalue weighted by molar-refractivity contribution is -0.121. The Balaban J connectivity index is 1.75. The first-order valence-electron chi connectivity index (χ1n) is 9.99. The monoisotopic (exact) mass is 408 g/mol. The summed E-state index contributed by atoms with van der Waals surface area (Å²) in [6, 6.07) is 7.27. The second kappa shape index (κ2) is 11.0. The summed E-state index contributed by atoms with van der Waals surface area (Å²) in [5.74, 6) is 0.751. The number of rotatable bonds is 9. The molecular weight excluding hydrogens is 376 g/mol. The highest BCUT2D eigenvalue weighted by Gasteiger charge is 2.16. The van der Waals surface area contributed by atoms with Crippen LogP contribution in [0.25, 0.3) is 0 Å². The number of carbonyl (C=O) groups is 1. The summed E-state index contributed by atoms with van der Waals surface area (Å²) < 4.78 is 23.0. The maximum Gasteiger partial charge on any atom is 0.222 e. The second-order valence-electron chi connectivity index (χ2n) is 7.15. The number of hydrogen-bond acceptors (Lipinski definition) is 4. The average Bonchev–Trinajstić information content (AvgIpc) is 3.14. The number of nitrogens with zero attached hydrogens (tertiary/aromatic N) is 1. The van der Waals surface area contributed by atoms with Gasteiger partial charge >= 0.3 is 0 Å². The van der Waals surface area contributed by atoms with Crippen LogP contribution in [0.15, 0.2) is 34.2 Å². The molecule has 0 spiro atoms. The molecule has 28 heavy (non-hydrogen) atoms. The summed E-state index contributed by atoms with van der Waals surface area (Å²) >= 11 is 0. The van der Waals surface area contributed by atoms with Gasteiger partial charge in [0.05, 0.1) is 11.4 Å². The minimum Gasteiger partial charge on any atom is -0.357 e. The minimum atomic E-state index is -3.16. The SMILES string of the molecule is CCNC(=NCCC(=O)NC1CCCC1)NCCc1ccc(S(C)(=O)=O)cc1. The number of hydrogen-bond donors (Lipinski definition) is 3. The van der Waals surface area contributed by atoms with E-state index >= 15 is 0 Å². The summed E-state index contributed by atoms with van der Waals surface area (Å²) in [5, 5.41) is 9.49. The molecule has 1 aliphatic carbocycles. The predicted molar refractivity (Wildman–Crippen MR) is 112 cm³/mol. The van der Waals surface area contributed by atoms with Gasteiger partial charge in [-0.1, -0.05) is 25.0 Å². The molecule has 0 bridgehead atoms. The second-order valence-corrected chi connectivity index (χ2v) is 9.17. The third-order valence-electron chi connectivity index (χ3n) is 4.73. The highest BCUT2D eigenvalue weighted by Crippen LogP contribution is 2.17. The summed E-state index contributed by atoms with van der Waals surface area (Å²) in [6.45, 7) is 3.84. The fourth-order valence-corrected chi connectivity index (χ4v) is 3.84. The number of sulfone groups is 1. The van der Waals surface area contributed by atoms with Crippen molar-refractivity contribution in [1.82, 2.24) is 16.0 Å². The van der Waals surface area contributed by atoms with E-state index in [1.807, 2.05) is 19.1 Å². The van der Waals surface area contributed by atoms with Crippen LogP contribution in [-0.4, -0.2) is 52.2 Å². The van der Waals surface area contributed by atoms with Crippen molar-refractivity contribution >= 4 is 21.7 Å². The van der Waals surface area contributed by atoms with Gasteiger partial charge in [0, 0.05) is 31.8 Å². The van der Waals surface area contributed by atoms with Gasteiger partial charge in [-0.2, -0.15) is 0 Å². The molecule has 0 unspecified atom stereocenters. The van der Waals surface area contributed by atoms with E-state index in [0.29, 0.717) is 36.4 Å². The van der Waals surface area contributed by atoms with Gasteiger partial charge < -0.3 is 16.0 Å². The fourth-order valence-electron chi connectivity index (χ4n) is 3.21. The van der Waals surface area contributed by atoms with E-state index in [1.54, 1.807) is 12.1 Å². The van der Waals surface area contributed by atoms with Crippen LogP contribution in [0, 0.1) is 0 Å². The lowest BCUT2D eigenvalue weighted by Gasteiger charge is -2.13. The Morgan fingerprint density at radius 3 is 2.43 bits per heavy atom. The topological polar surface area (TPSA) is 99.7 Å². The predicted octanol–water partition coefficient (Wildman–Crippen LogP) is 1.64. The molecule has 156 valence electrons. The zero-order valence-corrected chi connectivity index (χ0v) is 17.6. The molecular formula is C20H32N4O3S. The van der Waals surface area contributed by atoms with Gasteiger partial charge in [0.25, 0.3) is 0 Å². The average molecular weight is 409 g/mol. The van der Waals surface area contributed by atoms with Gasteiger partial charge in [-0.05, 0) is 43.9 Å². The van der Waals surface area contributed by atoms with Crippen LogP contribution in [0.2, 0.25) is 0 Å². The Hall–Kier alpha value is -2.09. The Labute approximate surface area is 168 Å². The molecule has 0 atom stereocenters. The first-order chi connectivity index (χ1) is 13.4. The van der Waals surface area contributed by atoms with E-state index in [0.717, 1.165) is 31.4 Å². The molecule has 1 amide bonds. The maximum absolute atomic E-state index is 12.0. The van der Waals surface area contributed by atoms with Crippen LogP contribution in [0.3, 0.4) is 0 Å².